The van der Waals surface area contributed by atoms with E-state index in [0.29, 0.717) is 13.2 Å². The molecule has 74 valence electrons. The van der Waals surface area contributed by atoms with Gasteiger partial charge in [0, 0.05) is 0 Å². The topological polar surface area (TPSA) is 35.2 Å². The molecule has 1 rings (SSSR count). The fourth-order valence-corrected chi connectivity index (χ4v) is 0.790. The third kappa shape index (κ3) is 6.17. The van der Waals surface area contributed by atoms with Crippen molar-refractivity contribution in [1.29, 1.82) is 0 Å². The van der Waals surface area contributed by atoms with E-state index in [0.717, 1.165) is 12.2 Å². The summed E-state index contributed by atoms with van der Waals surface area (Å²) in [5, 5.41) is 0. The third-order valence-corrected chi connectivity index (χ3v) is 1.36. The van der Waals surface area contributed by atoms with Gasteiger partial charge in [-0.15, -0.1) is 0 Å². The lowest BCUT2D eigenvalue weighted by atomic mass is 10.3. The van der Waals surface area contributed by atoms with E-state index in [1.807, 2.05) is 44.2 Å². The number of hydrogen-bond acceptors (Lipinski definition) is 2. The minimum absolute atomic E-state index is 0.687. The molecule has 1 aromatic carbocycles. The number of nitrogens with two attached hydrogens (primary N) is 1. The predicted octanol–water partition coefficient (Wildman–Crippen LogP) is 2.44. The van der Waals surface area contributed by atoms with Crippen molar-refractivity contribution in [1.82, 2.24) is 0 Å². The van der Waals surface area contributed by atoms with Crippen LogP contribution in [0.2, 0.25) is 0 Å². The molecule has 0 amide bonds. The molecule has 0 bridgehead atoms. The smallest absolute Gasteiger partial charge is 0.119 e. The lowest BCUT2D eigenvalue weighted by Gasteiger charge is -2.03. The van der Waals surface area contributed by atoms with Gasteiger partial charge >= 0.3 is 0 Å². The molecule has 0 unspecified atom stereocenters. The molecule has 0 saturated carbocycles. The van der Waals surface area contributed by atoms with Crippen molar-refractivity contribution in [3.63, 3.8) is 0 Å². The summed E-state index contributed by atoms with van der Waals surface area (Å²) in [5.41, 5.74) is 5.31. The number of rotatable bonds is 4. The van der Waals surface area contributed by atoms with Gasteiger partial charge in [-0.1, -0.05) is 32.0 Å². The SMILES string of the molecule is CC.NCCCOc1ccccc1. The van der Waals surface area contributed by atoms with E-state index in [2.05, 4.69) is 0 Å². The van der Waals surface area contributed by atoms with E-state index >= 15 is 0 Å². The molecule has 1 aromatic rings. The fraction of sp³-hybridized carbons (Fsp3) is 0.455. The van der Waals surface area contributed by atoms with Crippen molar-refractivity contribution in [2.45, 2.75) is 20.3 Å². The summed E-state index contributed by atoms with van der Waals surface area (Å²) in [6.45, 7) is 5.40. The highest BCUT2D eigenvalue weighted by Gasteiger charge is 1.88. The molecule has 0 aliphatic carbocycles. The van der Waals surface area contributed by atoms with Crippen LogP contribution < -0.4 is 10.5 Å². The molecule has 0 radical (unpaired) electrons. The predicted molar refractivity (Wildman–Crippen MR) is 57.0 cm³/mol. The second-order valence-electron chi connectivity index (χ2n) is 2.30. The Morgan fingerprint density at radius 2 is 1.77 bits per heavy atom. The first kappa shape index (κ1) is 12.0. The molecule has 13 heavy (non-hydrogen) atoms. The first-order chi connectivity index (χ1) is 6.43. The quantitative estimate of drug-likeness (QED) is 0.724. The Balaban J connectivity index is 0.000000671. The van der Waals surface area contributed by atoms with Crippen LogP contribution in [0.4, 0.5) is 0 Å². The van der Waals surface area contributed by atoms with Gasteiger partial charge in [0.1, 0.15) is 5.75 Å². The summed E-state index contributed by atoms with van der Waals surface area (Å²) in [5.74, 6) is 0.918. The van der Waals surface area contributed by atoms with Crippen molar-refractivity contribution in [3.8, 4) is 5.75 Å². The Morgan fingerprint density at radius 3 is 2.31 bits per heavy atom. The Labute approximate surface area is 80.7 Å². The van der Waals surface area contributed by atoms with E-state index in [9.17, 15) is 0 Å². The van der Waals surface area contributed by atoms with Crippen LogP contribution in [0.3, 0.4) is 0 Å². The molecule has 2 N–H and O–H groups in total. The van der Waals surface area contributed by atoms with Crippen LogP contribution in [0.1, 0.15) is 20.3 Å². The van der Waals surface area contributed by atoms with Gasteiger partial charge in [-0.2, -0.15) is 0 Å². The molecular weight excluding hydrogens is 162 g/mol. The maximum atomic E-state index is 5.37. The molecule has 0 fully saturated rings. The van der Waals surface area contributed by atoms with E-state index in [1.54, 1.807) is 0 Å². The van der Waals surface area contributed by atoms with Crippen LogP contribution in [0.5, 0.6) is 5.75 Å². The van der Waals surface area contributed by atoms with E-state index < -0.39 is 0 Å². The molecule has 2 heteroatoms. The van der Waals surface area contributed by atoms with E-state index in [-0.39, 0.29) is 0 Å². The standard InChI is InChI=1S/C9H13NO.C2H6/c10-7-4-8-11-9-5-2-1-3-6-9;1-2/h1-3,5-6H,4,7-8,10H2;1-2H3. The first-order valence-electron chi connectivity index (χ1n) is 4.81. The highest BCUT2D eigenvalue weighted by atomic mass is 16.5. The van der Waals surface area contributed by atoms with Crippen molar-refractivity contribution in [2.75, 3.05) is 13.2 Å². The van der Waals surface area contributed by atoms with Crippen molar-refractivity contribution in [3.05, 3.63) is 30.3 Å². The summed E-state index contributed by atoms with van der Waals surface area (Å²) < 4.78 is 5.37. The third-order valence-electron chi connectivity index (χ3n) is 1.36. The maximum Gasteiger partial charge on any atom is 0.119 e. The first-order valence-corrected chi connectivity index (χ1v) is 4.81. The molecule has 0 atom stereocenters. The van der Waals surface area contributed by atoms with Crippen molar-refractivity contribution in [2.24, 2.45) is 5.73 Å². The summed E-state index contributed by atoms with van der Waals surface area (Å²) in [4.78, 5) is 0. The largest absolute Gasteiger partial charge is 0.494 e. The van der Waals surface area contributed by atoms with Gasteiger partial charge < -0.3 is 10.5 Å². The number of para-hydroxylation sites is 1. The zero-order valence-electron chi connectivity index (χ0n) is 8.49. The molecule has 0 aromatic heterocycles. The Bertz CT molecular complexity index is 187. The van der Waals surface area contributed by atoms with Crippen LogP contribution in [0.25, 0.3) is 0 Å². The Morgan fingerprint density at radius 1 is 1.15 bits per heavy atom. The summed E-state index contributed by atoms with van der Waals surface area (Å²) in [6, 6.07) is 9.76. The normalized spacial score (nSPS) is 8.54. The van der Waals surface area contributed by atoms with Gasteiger partial charge in [0.25, 0.3) is 0 Å². The van der Waals surface area contributed by atoms with Crippen molar-refractivity contribution >= 4 is 0 Å². The molecular formula is C11H19NO. The van der Waals surface area contributed by atoms with E-state index in [1.165, 1.54) is 0 Å². The highest BCUT2D eigenvalue weighted by Crippen LogP contribution is 2.07. The zero-order valence-corrected chi connectivity index (χ0v) is 8.49. The average Bonchev–Trinajstić information content (AvgIpc) is 2.23. The van der Waals surface area contributed by atoms with Crippen LogP contribution in [-0.2, 0) is 0 Å². The molecule has 0 aliphatic rings. The second-order valence-corrected chi connectivity index (χ2v) is 2.30. The zero-order chi connectivity index (χ0) is 9.94. The second kappa shape index (κ2) is 9.07. The minimum Gasteiger partial charge on any atom is -0.494 e. The molecule has 0 spiro atoms. The van der Waals surface area contributed by atoms with E-state index in [4.69, 9.17) is 10.5 Å². The fourth-order valence-electron chi connectivity index (χ4n) is 0.790. The summed E-state index contributed by atoms with van der Waals surface area (Å²) in [7, 11) is 0. The average molecular weight is 181 g/mol. The monoisotopic (exact) mass is 181 g/mol. The highest BCUT2D eigenvalue weighted by molar-refractivity contribution is 5.20. The van der Waals surface area contributed by atoms with Gasteiger partial charge in [-0.25, -0.2) is 0 Å². The lowest BCUT2D eigenvalue weighted by Crippen LogP contribution is -2.05. The molecule has 0 heterocycles. The van der Waals surface area contributed by atoms with Crippen molar-refractivity contribution < 1.29 is 4.74 Å². The summed E-state index contributed by atoms with van der Waals surface area (Å²) >= 11 is 0. The number of hydrogen-bond donors (Lipinski definition) is 1. The van der Waals surface area contributed by atoms with Gasteiger partial charge in [-0.05, 0) is 25.1 Å². The number of ether oxygens (including phenoxy) is 1. The maximum absolute atomic E-state index is 5.37. The van der Waals surface area contributed by atoms with Gasteiger partial charge in [0.05, 0.1) is 6.61 Å². The van der Waals surface area contributed by atoms with Gasteiger partial charge in [0.15, 0.2) is 0 Å². The molecule has 2 nitrogen and oxygen atoms in total. The lowest BCUT2D eigenvalue weighted by molar-refractivity contribution is 0.313. The van der Waals surface area contributed by atoms with Crippen LogP contribution in [0, 0.1) is 0 Å². The Kier molecular flexibility index (Phi) is 8.36. The Hall–Kier alpha value is -1.02. The van der Waals surface area contributed by atoms with Gasteiger partial charge in [-0.3, -0.25) is 0 Å². The number of benzene rings is 1. The molecule has 0 aliphatic heterocycles. The van der Waals surface area contributed by atoms with Gasteiger partial charge in [0.2, 0.25) is 0 Å². The molecule has 0 saturated heterocycles. The minimum atomic E-state index is 0.687. The van der Waals surface area contributed by atoms with Crippen LogP contribution in [0.15, 0.2) is 30.3 Å². The van der Waals surface area contributed by atoms with Crippen LogP contribution >= 0.6 is 0 Å². The summed E-state index contributed by atoms with van der Waals surface area (Å²) in [6.07, 6.45) is 0.912. The van der Waals surface area contributed by atoms with Crippen LogP contribution in [-0.4, -0.2) is 13.2 Å².